The molecule has 4 aromatic rings. The van der Waals surface area contributed by atoms with Gasteiger partial charge in [-0.1, -0.05) is 12.1 Å². The van der Waals surface area contributed by atoms with E-state index < -0.39 is 46.1 Å². The van der Waals surface area contributed by atoms with Gasteiger partial charge < -0.3 is 20.4 Å². The molecule has 0 amide bonds. The second kappa shape index (κ2) is 7.63. The minimum absolute atomic E-state index is 0.00324. The first-order chi connectivity index (χ1) is 18.0. The molecular weight excluding hydrogens is 488 g/mol. The molecule has 0 saturated carbocycles. The topological polar surface area (TPSA) is 149 Å². The van der Waals surface area contributed by atoms with E-state index in [1.165, 1.54) is 48.5 Å². The van der Waals surface area contributed by atoms with Crippen molar-refractivity contribution in [1.29, 1.82) is 0 Å². The van der Waals surface area contributed by atoms with E-state index in [2.05, 4.69) is 0 Å². The molecule has 0 aliphatic heterocycles. The second-order valence-corrected chi connectivity index (χ2v) is 9.45. The molecule has 8 heteroatoms. The van der Waals surface area contributed by atoms with Gasteiger partial charge in [0.25, 0.3) is 0 Å². The number of aromatic hydroxyl groups is 4. The maximum Gasteiger partial charge on any atom is 0.201 e. The average Bonchev–Trinajstić information content (AvgIpc) is 2.85. The Morgan fingerprint density at radius 1 is 0.474 bits per heavy atom. The molecule has 0 spiro atoms. The van der Waals surface area contributed by atoms with Crippen LogP contribution < -0.4 is 0 Å². The highest BCUT2D eigenvalue weighted by Crippen LogP contribution is 2.48. The number of hydrogen-bond donors (Lipinski definition) is 4. The Labute approximate surface area is 215 Å². The molecule has 6 rings (SSSR count). The van der Waals surface area contributed by atoms with Crippen LogP contribution >= 0.6 is 0 Å². The van der Waals surface area contributed by atoms with Crippen LogP contribution in [0, 0.1) is 13.8 Å². The Kier molecular flexibility index (Phi) is 4.65. The summed E-state index contributed by atoms with van der Waals surface area (Å²) in [5.41, 5.74) is -0.478. The number of phenols is 4. The van der Waals surface area contributed by atoms with Crippen LogP contribution in [0.5, 0.6) is 23.0 Å². The standard InChI is InChI=1S/C30H18O8/c1-11-8-16-22(19(32)9-11)30(38)23-15(26(16)34)7-6-14(27(23)35)20-12(2)10-17-24(28(20)36)29(37)21-13(25(17)33)4-3-5-18(21)31/h3-10,31-32,35-36H,1-2H3. The number of carbonyl (C=O) groups excluding carboxylic acids is 4. The molecule has 0 unspecified atom stereocenters. The molecule has 0 aromatic heterocycles. The largest absolute Gasteiger partial charge is 0.507 e. The number of ketones is 4. The summed E-state index contributed by atoms with van der Waals surface area (Å²) in [7, 11) is 0. The third-order valence-electron chi connectivity index (χ3n) is 7.14. The SMILES string of the molecule is Cc1cc(O)c2c(c1)C(=O)c1ccc(-c3c(C)cc4c(c3O)C(=O)c3c(O)cccc3C4=O)c(O)c1C2=O. The van der Waals surface area contributed by atoms with Gasteiger partial charge in [0.2, 0.25) is 11.6 Å². The fraction of sp³-hybridized carbons (Fsp3) is 0.0667. The lowest BCUT2D eigenvalue weighted by molar-refractivity contribution is 0.0974. The number of fused-ring (bicyclic) bond motifs is 4. The highest BCUT2D eigenvalue weighted by Gasteiger charge is 2.38. The van der Waals surface area contributed by atoms with E-state index in [9.17, 15) is 39.6 Å². The summed E-state index contributed by atoms with van der Waals surface area (Å²) in [6.07, 6.45) is 0. The van der Waals surface area contributed by atoms with E-state index in [-0.39, 0.29) is 55.6 Å². The normalized spacial score (nSPS) is 13.6. The first-order valence-electron chi connectivity index (χ1n) is 11.6. The number of hydrogen-bond acceptors (Lipinski definition) is 8. The van der Waals surface area contributed by atoms with Crippen molar-refractivity contribution in [2.75, 3.05) is 0 Å². The van der Waals surface area contributed by atoms with Crippen LogP contribution in [0.4, 0.5) is 0 Å². The van der Waals surface area contributed by atoms with Crippen molar-refractivity contribution < 1.29 is 39.6 Å². The average molecular weight is 506 g/mol. The van der Waals surface area contributed by atoms with Gasteiger partial charge in [0.05, 0.1) is 22.3 Å². The smallest absolute Gasteiger partial charge is 0.201 e. The van der Waals surface area contributed by atoms with Crippen LogP contribution in [0.1, 0.15) is 74.8 Å². The zero-order valence-electron chi connectivity index (χ0n) is 20.0. The Morgan fingerprint density at radius 2 is 1.03 bits per heavy atom. The van der Waals surface area contributed by atoms with Gasteiger partial charge in [0.1, 0.15) is 23.0 Å². The summed E-state index contributed by atoms with van der Waals surface area (Å²) in [6.45, 7) is 3.22. The third kappa shape index (κ3) is 2.85. The zero-order chi connectivity index (χ0) is 27.2. The molecule has 186 valence electrons. The molecule has 0 heterocycles. The predicted molar refractivity (Wildman–Crippen MR) is 135 cm³/mol. The van der Waals surface area contributed by atoms with Crippen LogP contribution in [-0.2, 0) is 0 Å². The van der Waals surface area contributed by atoms with Crippen molar-refractivity contribution in [2.45, 2.75) is 13.8 Å². The van der Waals surface area contributed by atoms with Crippen LogP contribution in [-0.4, -0.2) is 43.6 Å². The lowest BCUT2D eigenvalue weighted by atomic mass is 9.78. The predicted octanol–water partition coefficient (Wildman–Crippen LogP) is 4.34. The van der Waals surface area contributed by atoms with Crippen LogP contribution in [0.15, 0.2) is 48.5 Å². The fourth-order valence-corrected chi connectivity index (χ4v) is 5.45. The van der Waals surface area contributed by atoms with Crippen molar-refractivity contribution in [3.8, 4) is 34.1 Å². The van der Waals surface area contributed by atoms with E-state index in [0.29, 0.717) is 11.1 Å². The summed E-state index contributed by atoms with van der Waals surface area (Å²) < 4.78 is 0. The van der Waals surface area contributed by atoms with Crippen LogP contribution in [0.25, 0.3) is 11.1 Å². The van der Waals surface area contributed by atoms with Crippen molar-refractivity contribution in [1.82, 2.24) is 0 Å². The molecule has 38 heavy (non-hydrogen) atoms. The van der Waals surface area contributed by atoms with Crippen molar-refractivity contribution in [3.63, 3.8) is 0 Å². The zero-order valence-corrected chi connectivity index (χ0v) is 20.0. The van der Waals surface area contributed by atoms with Crippen LogP contribution in [0.2, 0.25) is 0 Å². The number of phenolic OH excluding ortho intramolecular Hbond substituents is 4. The lowest BCUT2D eigenvalue weighted by Crippen LogP contribution is -2.22. The van der Waals surface area contributed by atoms with Crippen molar-refractivity contribution >= 4 is 23.1 Å². The number of carbonyl (C=O) groups is 4. The Bertz CT molecular complexity index is 1840. The summed E-state index contributed by atoms with van der Waals surface area (Å²) in [5, 5.41) is 43.2. The van der Waals surface area contributed by atoms with E-state index in [0.717, 1.165) is 0 Å². The van der Waals surface area contributed by atoms with Crippen molar-refractivity contribution in [3.05, 3.63) is 104 Å². The number of rotatable bonds is 1. The molecule has 0 radical (unpaired) electrons. The van der Waals surface area contributed by atoms with E-state index in [1.807, 2.05) is 0 Å². The van der Waals surface area contributed by atoms with Gasteiger partial charge in [0, 0.05) is 33.4 Å². The monoisotopic (exact) mass is 506 g/mol. The molecule has 0 fully saturated rings. The van der Waals surface area contributed by atoms with Gasteiger partial charge in [-0.25, -0.2) is 0 Å². The lowest BCUT2D eigenvalue weighted by Gasteiger charge is -2.24. The molecule has 0 atom stereocenters. The van der Waals surface area contributed by atoms with E-state index in [4.69, 9.17) is 0 Å². The Morgan fingerprint density at radius 3 is 1.71 bits per heavy atom. The Balaban J connectivity index is 1.59. The van der Waals surface area contributed by atoms with Gasteiger partial charge in [-0.2, -0.15) is 0 Å². The minimum atomic E-state index is -0.774. The van der Waals surface area contributed by atoms with Gasteiger partial charge in [0.15, 0.2) is 11.6 Å². The maximum absolute atomic E-state index is 13.4. The quantitative estimate of drug-likeness (QED) is 0.257. The first kappa shape index (κ1) is 23.2. The third-order valence-corrected chi connectivity index (χ3v) is 7.14. The fourth-order valence-electron chi connectivity index (χ4n) is 5.45. The summed E-state index contributed by atoms with van der Waals surface area (Å²) in [4.78, 5) is 53.1. The Hall–Kier alpha value is -5.24. The van der Waals surface area contributed by atoms with Crippen molar-refractivity contribution in [2.24, 2.45) is 0 Å². The highest BCUT2D eigenvalue weighted by atomic mass is 16.3. The van der Waals surface area contributed by atoms with E-state index in [1.54, 1.807) is 13.8 Å². The molecular formula is C30H18O8. The summed E-state index contributed by atoms with van der Waals surface area (Å²) in [5.74, 6) is -4.72. The molecule has 8 nitrogen and oxygen atoms in total. The molecule has 2 aliphatic carbocycles. The second-order valence-electron chi connectivity index (χ2n) is 9.45. The van der Waals surface area contributed by atoms with Crippen LogP contribution in [0.3, 0.4) is 0 Å². The molecule has 4 N–H and O–H groups in total. The maximum atomic E-state index is 13.4. The van der Waals surface area contributed by atoms with Gasteiger partial charge in [-0.05, 0) is 61.4 Å². The molecule has 0 bridgehead atoms. The molecule has 2 aliphatic rings. The molecule has 0 saturated heterocycles. The number of benzene rings is 4. The minimum Gasteiger partial charge on any atom is -0.507 e. The molecule has 4 aromatic carbocycles. The first-order valence-corrected chi connectivity index (χ1v) is 11.6. The summed E-state index contributed by atoms with van der Waals surface area (Å²) >= 11 is 0. The summed E-state index contributed by atoms with van der Waals surface area (Å²) in [6, 6.07) is 11.0. The van der Waals surface area contributed by atoms with Gasteiger partial charge in [-0.15, -0.1) is 0 Å². The number of aryl methyl sites for hydroxylation is 2. The van der Waals surface area contributed by atoms with Gasteiger partial charge in [-0.3, -0.25) is 19.2 Å². The van der Waals surface area contributed by atoms with E-state index >= 15 is 0 Å². The highest BCUT2D eigenvalue weighted by molar-refractivity contribution is 6.32. The van der Waals surface area contributed by atoms with Gasteiger partial charge >= 0.3 is 0 Å².